The Hall–Kier alpha value is -1.01. The lowest BCUT2D eigenvalue weighted by Crippen LogP contribution is -2.37. The van der Waals surface area contributed by atoms with Gasteiger partial charge in [0.15, 0.2) is 0 Å². The van der Waals surface area contributed by atoms with E-state index in [1.807, 2.05) is 51.2 Å². The fraction of sp³-hybridized carbons (Fsp3) is 0.533. The Kier molecular flexibility index (Phi) is 13.2. The van der Waals surface area contributed by atoms with Crippen molar-refractivity contribution in [3.05, 3.63) is 29.8 Å². The lowest BCUT2D eigenvalue weighted by atomic mass is 10.2. The van der Waals surface area contributed by atoms with Gasteiger partial charge >= 0.3 is 0 Å². The molecule has 0 aromatic heterocycles. The van der Waals surface area contributed by atoms with Crippen LogP contribution in [0, 0.1) is 0 Å². The zero-order valence-electron chi connectivity index (χ0n) is 13.6. The molecule has 2 N–H and O–H groups in total. The predicted molar refractivity (Wildman–Crippen MR) is 95.8 cm³/mol. The quantitative estimate of drug-likeness (QED) is 0.749. The number of hydrogen-bond donors (Lipinski definition) is 2. The Morgan fingerprint density at radius 2 is 1.91 bits per heavy atom. The van der Waals surface area contributed by atoms with Crippen molar-refractivity contribution in [2.75, 3.05) is 40.8 Å². The highest BCUT2D eigenvalue weighted by atomic mass is 35.5. The largest absolute Gasteiger partial charge is 0.491 e. The lowest BCUT2D eigenvalue weighted by Gasteiger charge is -2.15. The third kappa shape index (κ3) is 8.44. The first kappa shape index (κ1) is 23.3. The molecule has 7 heteroatoms. The molecule has 1 rings (SSSR count). The number of para-hydroxylation sites is 1. The van der Waals surface area contributed by atoms with Gasteiger partial charge in [0.25, 0.3) is 5.91 Å². The van der Waals surface area contributed by atoms with Crippen molar-refractivity contribution in [1.82, 2.24) is 15.5 Å². The number of amides is 1. The Bertz CT molecular complexity index is 431. The molecule has 0 fully saturated rings. The van der Waals surface area contributed by atoms with Gasteiger partial charge in [-0.15, -0.1) is 24.8 Å². The van der Waals surface area contributed by atoms with Crippen LogP contribution < -0.4 is 15.4 Å². The number of carbonyl (C=O) groups excluding carboxylic acids is 1. The average Bonchev–Trinajstić information content (AvgIpc) is 2.44. The van der Waals surface area contributed by atoms with Crippen LogP contribution in [-0.4, -0.2) is 57.7 Å². The van der Waals surface area contributed by atoms with E-state index in [-0.39, 0.29) is 36.8 Å². The average molecular weight is 352 g/mol. The second-order valence-corrected chi connectivity index (χ2v) is 5.05. The molecule has 0 saturated carbocycles. The number of hydrogen-bond acceptors (Lipinski definition) is 4. The predicted octanol–water partition coefficient (Wildman–Crippen LogP) is 1.81. The fourth-order valence-corrected chi connectivity index (χ4v) is 1.56. The molecule has 5 nitrogen and oxygen atoms in total. The van der Waals surface area contributed by atoms with Crippen LogP contribution in [0.15, 0.2) is 24.3 Å². The van der Waals surface area contributed by atoms with Gasteiger partial charge in [0.05, 0.1) is 5.56 Å². The molecular formula is C15H27Cl2N3O2. The molecule has 0 bridgehead atoms. The molecule has 0 aliphatic rings. The molecule has 1 aromatic rings. The van der Waals surface area contributed by atoms with Crippen molar-refractivity contribution >= 4 is 30.7 Å². The summed E-state index contributed by atoms with van der Waals surface area (Å²) in [6.45, 7) is 3.97. The van der Waals surface area contributed by atoms with E-state index >= 15 is 0 Å². The van der Waals surface area contributed by atoms with Crippen LogP contribution in [-0.2, 0) is 0 Å². The van der Waals surface area contributed by atoms with Crippen molar-refractivity contribution in [1.29, 1.82) is 0 Å². The number of rotatable bonds is 8. The van der Waals surface area contributed by atoms with Crippen LogP contribution >= 0.6 is 24.8 Å². The molecule has 1 unspecified atom stereocenters. The third-order valence-corrected chi connectivity index (χ3v) is 2.99. The summed E-state index contributed by atoms with van der Waals surface area (Å²) >= 11 is 0. The van der Waals surface area contributed by atoms with Gasteiger partial charge in [-0.3, -0.25) is 4.79 Å². The number of likely N-dealkylation sites (N-methyl/N-ethyl adjacent to an activating group) is 2. The summed E-state index contributed by atoms with van der Waals surface area (Å²) in [7, 11) is 5.84. The van der Waals surface area contributed by atoms with Gasteiger partial charge in [0.1, 0.15) is 12.4 Å². The van der Waals surface area contributed by atoms with E-state index in [1.165, 1.54) is 0 Å². The topological polar surface area (TPSA) is 53.6 Å². The van der Waals surface area contributed by atoms with Gasteiger partial charge in [0.2, 0.25) is 0 Å². The van der Waals surface area contributed by atoms with Gasteiger partial charge < -0.3 is 20.3 Å². The Balaban J connectivity index is 0. The minimum atomic E-state index is -0.104. The van der Waals surface area contributed by atoms with Crippen molar-refractivity contribution in [2.24, 2.45) is 0 Å². The highest BCUT2D eigenvalue weighted by Crippen LogP contribution is 2.17. The molecule has 0 aliphatic heterocycles. The van der Waals surface area contributed by atoms with Crippen molar-refractivity contribution in [3.63, 3.8) is 0 Å². The molecule has 0 heterocycles. The van der Waals surface area contributed by atoms with E-state index in [4.69, 9.17) is 4.74 Å². The van der Waals surface area contributed by atoms with E-state index in [2.05, 4.69) is 10.6 Å². The van der Waals surface area contributed by atoms with Crippen molar-refractivity contribution < 1.29 is 9.53 Å². The maximum absolute atomic E-state index is 12.2. The van der Waals surface area contributed by atoms with E-state index in [1.54, 1.807) is 6.07 Å². The zero-order valence-corrected chi connectivity index (χ0v) is 15.2. The van der Waals surface area contributed by atoms with Gasteiger partial charge in [-0.2, -0.15) is 0 Å². The number of nitrogens with zero attached hydrogens (tertiary/aromatic N) is 1. The van der Waals surface area contributed by atoms with E-state index < -0.39 is 0 Å². The maximum Gasteiger partial charge on any atom is 0.255 e. The summed E-state index contributed by atoms with van der Waals surface area (Å²) in [4.78, 5) is 14.2. The number of benzene rings is 1. The summed E-state index contributed by atoms with van der Waals surface area (Å²) in [5.41, 5.74) is 0.578. The fourth-order valence-electron chi connectivity index (χ4n) is 1.56. The SMILES string of the molecule is CNC(C)CNC(=O)c1ccccc1OCCN(C)C.Cl.Cl. The van der Waals surface area contributed by atoms with E-state index in [9.17, 15) is 4.79 Å². The standard InChI is InChI=1S/C15H25N3O2.2ClH/c1-12(16-2)11-17-15(19)13-7-5-6-8-14(13)20-10-9-18(3)4;;/h5-8,12,16H,9-11H2,1-4H3,(H,17,19);2*1H. The van der Waals surface area contributed by atoms with E-state index in [0.717, 1.165) is 6.54 Å². The van der Waals surface area contributed by atoms with Crippen LogP contribution in [0.5, 0.6) is 5.75 Å². The minimum absolute atomic E-state index is 0. The first-order valence-electron chi connectivity index (χ1n) is 6.86. The van der Waals surface area contributed by atoms with Crippen LogP contribution in [0.4, 0.5) is 0 Å². The van der Waals surface area contributed by atoms with Crippen LogP contribution in [0.2, 0.25) is 0 Å². The number of ether oxygens (including phenoxy) is 1. The van der Waals surface area contributed by atoms with Gasteiger partial charge in [-0.05, 0) is 40.2 Å². The molecule has 0 radical (unpaired) electrons. The van der Waals surface area contributed by atoms with Crippen LogP contribution in [0.1, 0.15) is 17.3 Å². The third-order valence-electron chi connectivity index (χ3n) is 2.99. The Morgan fingerprint density at radius 1 is 1.27 bits per heavy atom. The zero-order chi connectivity index (χ0) is 15.0. The second kappa shape index (κ2) is 12.5. The van der Waals surface area contributed by atoms with Crippen molar-refractivity contribution in [2.45, 2.75) is 13.0 Å². The van der Waals surface area contributed by atoms with Gasteiger partial charge in [0, 0.05) is 19.1 Å². The molecule has 22 heavy (non-hydrogen) atoms. The molecule has 128 valence electrons. The van der Waals surface area contributed by atoms with Gasteiger partial charge in [-0.25, -0.2) is 0 Å². The summed E-state index contributed by atoms with van der Waals surface area (Å²) in [6, 6.07) is 7.56. The number of halogens is 2. The summed E-state index contributed by atoms with van der Waals surface area (Å²) in [6.07, 6.45) is 0. The summed E-state index contributed by atoms with van der Waals surface area (Å²) < 4.78 is 5.68. The normalized spacial score (nSPS) is 11.1. The highest BCUT2D eigenvalue weighted by molar-refractivity contribution is 5.96. The molecule has 0 aliphatic carbocycles. The van der Waals surface area contributed by atoms with Crippen LogP contribution in [0.25, 0.3) is 0 Å². The Morgan fingerprint density at radius 3 is 2.50 bits per heavy atom. The first-order valence-corrected chi connectivity index (χ1v) is 6.86. The highest BCUT2D eigenvalue weighted by Gasteiger charge is 2.12. The second-order valence-electron chi connectivity index (χ2n) is 5.05. The van der Waals surface area contributed by atoms with Gasteiger partial charge in [-0.1, -0.05) is 12.1 Å². The van der Waals surface area contributed by atoms with E-state index in [0.29, 0.717) is 24.5 Å². The molecule has 0 saturated heterocycles. The molecule has 0 spiro atoms. The summed E-state index contributed by atoms with van der Waals surface area (Å²) in [5, 5.41) is 5.98. The molecular weight excluding hydrogens is 325 g/mol. The number of nitrogens with one attached hydrogen (secondary N) is 2. The molecule has 1 amide bonds. The maximum atomic E-state index is 12.2. The Labute approximate surface area is 145 Å². The monoisotopic (exact) mass is 351 g/mol. The van der Waals surface area contributed by atoms with Crippen LogP contribution in [0.3, 0.4) is 0 Å². The number of carbonyl (C=O) groups is 1. The lowest BCUT2D eigenvalue weighted by molar-refractivity contribution is 0.0946. The minimum Gasteiger partial charge on any atom is -0.491 e. The smallest absolute Gasteiger partial charge is 0.255 e. The molecule has 1 atom stereocenters. The summed E-state index contributed by atoms with van der Waals surface area (Å²) in [5.74, 6) is 0.525. The van der Waals surface area contributed by atoms with Crippen molar-refractivity contribution in [3.8, 4) is 5.75 Å². The first-order chi connectivity index (χ1) is 9.54. The molecule has 1 aromatic carbocycles.